The number of primary sulfonamides is 1. The third-order valence-electron chi connectivity index (χ3n) is 3.43. The average molecular weight is 335 g/mol. The lowest BCUT2D eigenvalue weighted by molar-refractivity contribution is 0.0950. The molecule has 0 unspecified atom stereocenters. The van der Waals surface area contributed by atoms with Crippen LogP contribution in [0.25, 0.3) is 0 Å². The van der Waals surface area contributed by atoms with Crippen molar-refractivity contribution in [2.24, 2.45) is 5.14 Å². The molecule has 0 saturated heterocycles. The molecule has 0 radical (unpaired) electrons. The lowest BCUT2D eigenvalue weighted by Crippen LogP contribution is -2.23. The van der Waals surface area contributed by atoms with Crippen LogP contribution in [0.1, 0.15) is 36.7 Å². The van der Waals surface area contributed by atoms with E-state index in [-0.39, 0.29) is 16.3 Å². The minimum atomic E-state index is -3.70. The van der Waals surface area contributed by atoms with Crippen LogP contribution < -0.4 is 10.5 Å². The molecule has 2 rings (SSSR count). The van der Waals surface area contributed by atoms with Crippen molar-refractivity contribution in [3.63, 3.8) is 0 Å². The van der Waals surface area contributed by atoms with Crippen LogP contribution in [0.4, 0.5) is 0 Å². The summed E-state index contributed by atoms with van der Waals surface area (Å²) in [7, 11) is -3.70. The van der Waals surface area contributed by atoms with Crippen LogP contribution in [0, 0.1) is 0 Å². The molecule has 0 aliphatic rings. The number of hydrogen-bond acceptors (Lipinski definition) is 3. The molecular formula is C16H21N3O3S. The summed E-state index contributed by atoms with van der Waals surface area (Å²) in [5.74, 6) is -0.177. The number of sulfonamides is 1. The van der Waals surface area contributed by atoms with Crippen molar-refractivity contribution in [1.29, 1.82) is 0 Å². The number of benzene rings is 1. The van der Waals surface area contributed by atoms with Crippen LogP contribution in [0.5, 0.6) is 0 Å². The Labute approximate surface area is 136 Å². The molecule has 0 aliphatic heterocycles. The van der Waals surface area contributed by atoms with Gasteiger partial charge in [-0.2, -0.15) is 0 Å². The molecule has 124 valence electrons. The number of carbonyl (C=O) groups is 1. The van der Waals surface area contributed by atoms with E-state index in [1.807, 2.05) is 10.8 Å². The van der Waals surface area contributed by atoms with Gasteiger partial charge in [-0.1, -0.05) is 12.1 Å². The van der Waals surface area contributed by atoms with Crippen molar-refractivity contribution in [2.75, 3.05) is 0 Å². The third kappa shape index (κ3) is 4.43. The van der Waals surface area contributed by atoms with E-state index in [4.69, 9.17) is 5.14 Å². The van der Waals surface area contributed by atoms with Gasteiger partial charge in [0.2, 0.25) is 10.0 Å². The van der Waals surface area contributed by atoms with Gasteiger partial charge in [0.25, 0.3) is 5.91 Å². The number of nitrogens with one attached hydrogen (secondary N) is 1. The smallest absolute Gasteiger partial charge is 0.253 e. The molecule has 1 heterocycles. The van der Waals surface area contributed by atoms with Gasteiger partial charge in [0, 0.05) is 24.5 Å². The first kappa shape index (κ1) is 17.2. The van der Waals surface area contributed by atoms with E-state index in [2.05, 4.69) is 26.1 Å². The molecule has 1 aromatic carbocycles. The van der Waals surface area contributed by atoms with Crippen LogP contribution in [-0.2, 0) is 22.1 Å². The fourth-order valence-electron chi connectivity index (χ4n) is 2.03. The summed E-state index contributed by atoms with van der Waals surface area (Å²) in [5.41, 5.74) is 1.30. The second-order valence-electron chi connectivity index (χ2n) is 6.35. The minimum Gasteiger partial charge on any atom is -0.348 e. The first-order valence-corrected chi connectivity index (χ1v) is 8.70. The number of hydrogen-bond donors (Lipinski definition) is 2. The number of rotatable bonds is 4. The van der Waals surface area contributed by atoms with Crippen LogP contribution in [0.15, 0.2) is 47.6 Å². The molecule has 0 spiro atoms. The number of nitrogens with zero attached hydrogens (tertiary/aromatic N) is 1. The summed E-state index contributed by atoms with van der Waals surface area (Å²) in [6, 6.07) is 7.87. The molecule has 7 heteroatoms. The maximum absolute atomic E-state index is 12.1. The zero-order valence-corrected chi connectivity index (χ0v) is 14.2. The zero-order valence-electron chi connectivity index (χ0n) is 13.4. The standard InChI is InChI=1S/C16H21N3O3S/c1-16(2,3)19-9-8-13(11-19)15(20)18-10-12-4-6-14(7-5-12)23(17,21)22/h4-9,11H,10H2,1-3H3,(H,18,20)(H2,17,21,22). The quantitative estimate of drug-likeness (QED) is 0.892. The Morgan fingerprint density at radius 1 is 1.17 bits per heavy atom. The van der Waals surface area contributed by atoms with Gasteiger partial charge in [-0.05, 0) is 44.5 Å². The molecule has 0 saturated carbocycles. The molecule has 1 aromatic heterocycles. The second kappa shape index (κ2) is 6.17. The third-order valence-corrected chi connectivity index (χ3v) is 4.36. The van der Waals surface area contributed by atoms with Gasteiger partial charge in [0.1, 0.15) is 0 Å². The number of nitrogens with two attached hydrogens (primary N) is 1. The van der Waals surface area contributed by atoms with E-state index in [0.717, 1.165) is 5.56 Å². The monoisotopic (exact) mass is 335 g/mol. The lowest BCUT2D eigenvalue weighted by atomic mass is 10.1. The van der Waals surface area contributed by atoms with Gasteiger partial charge in [-0.15, -0.1) is 0 Å². The van der Waals surface area contributed by atoms with E-state index in [9.17, 15) is 13.2 Å². The first-order chi connectivity index (χ1) is 10.6. The summed E-state index contributed by atoms with van der Waals surface area (Å²) in [6.45, 7) is 6.48. The predicted octanol–water partition coefficient (Wildman–Crippen LogP) is 1.82. The zero-order chi connectivity index (χ0) is 17.3. The molecule has 2 aromatic rings. The van der Waals surface area contributed by atoms with E-state index in [1.54, 1.807) is 24.4 Å². The molecule has 3 N–H and O–H groups in total. The fourth-order valence-corrected chi connectivity index (χ4v) is 2.54. The molecule has 0 fully saturated rings. The fraction of sp³-hybridized carbons (Fsp3) is 0.312. The van der Waals surface area contributed by atoms with Crippen molar-refractivity contribution >= 4 is 15.9 Å². The summed E-state index contributed by atoms with van der Waals surface area (Å²) >= 11 is 0. The normalized spacial score (nSPS) is 12.2. The summed E-state index contributed by atoms with van der Waals surface area (Å²) in [5, 5.41) is 7.85. The number of carbonyl (C=O) groups excluding carboxylic acids is 1. The van der Waals surface area contributed by atoms with Gasteiger partial charge < -0.3 is 9.88 Å². The Morgan fingerprint density at radius 2 is 1.78 bits per heavy atom. The largest absolute Gasteiger partial charge is 0.348 e. The summed E-state index contributed by atoms with van der Waals surface area (Å²) < 4.78 is 24.3. The average Bonchev–Trinajstić information content (AvgIpc) is 2.94. The van der Waals surface area contributed by atoms with Crippen molar-refractivity contribution < 1.29 is 13.2 Å². The highest BCUT2D eigenvalue weighted by molar-refractivity contribution is 7.89. The van der Waals surface area contributed by atoms with Crippen molar-refractivity contribution in [2.45, 2.75) is 37.8 Å². The predicted molar refractivity (Wildman–Crippen MR) is 88.4 cm³/mol. The van der Waals surface area contributed by atoms with Gasteiger partial charge in [0.15, 0.2) is 0 Å². The Hall–Kier alpha value is -2.12. The maximum atomic E-state index is 12.1. The molecule has 0 atom stereocenters. The molecule has 0 bridgehead atoms. The number of aromatic nitrogens is 1. The molecule has 1 amide bonds. The highest BCUT2D eigenvalue weighted by Gasteiger charge is 2.15. The second-order valence-corrected chi connectivity index (χ2v) is 7.91. The Morgan fingerprint density at radius 3 is 2.26 bits per heavy atom. The van der Waals surface area contributed by atoms with Gasteiger partial charge >= 0.3 is 0 Å². The minimum absolute atomic E-state index is 0.0508. The molecule has 23 heavy (non-hydrogen) atoms. The first-order valence-electron chi connectivity index (χ1n) is 7.16. The van der Waals surface area contributed by atoms with Crippen molar-refractivity contribution in [3.8, 4) is 0 Å². The summed E-state index contributed by atoms with van der Waals surface area (Å²) in [4.78, 5) is 12.2. The Balaban J connectivity index is 2.00. The molecule has 0 aliphatic carbocycles. The van der Waals surface area contributed by atoms with Gasteiger partial charge in [0.05, 0.1) is 10.5 Å². The Bertz CT molecular complexity index is 800. The van der Waals surface area contributed by atoms with E-state index in [1.165, 1.54) is 12.1 Å². The van der Waals surface area contributed by atoms with Crippen molar-refractivity contribution in [3.05, 3.63) is 53.9 Å². The van der Waals surface area contributed by atoms with E-state index >= 15 is 0 Å². The van der Waals surface area contributed by atoms with Crippen LogP contribution in [0.3, 0.4) is 0 Å². The summed E-state index contributed by atoms with van der Waals surface area (Å²) in [6.07, 6.45) is 3.68. The highest BCUT2D eigenvalue weighted by atomic mass is 32.2. The SMILES string of the molecule is CC(C)(C)n1ccc(C(=O)NCc2ccc(S(N)(=O)=O)cc2)c1. The van der Waals surface area contributed by atoms with Crippen LogP contribution >= 0.6 is 0 Å². The molecule has 6 nitrogen and oxygen atoms in total. The maximum Gasteiger partial charge on any atom is 0.253 e. The molecular weight excluding hydrogens is 314 g/mol. The van der Waals surface area contributed by atoms with E-state index in [0.29, 0.717) is 12.1 Å². The van der Waals surface area contributed by atoms with E-state index < -0.39 is 10.0 Å². The lowest BCUT2D eigenvalue weighted by Gasteiger charge is -2.20. The topological polar surface area (TPSA) is 94.2 Å². The highest BCUT2D eigenvalue weighted by Crippen LogP contribution is 2.15. The number of amides is 1. The van der Waals surface area contributed by atoms with Gasteiger partial charge in [-0.25, -0.2) is 13.6 Å². The van der Waals surface area contributed by atoms with Crippen molar-refractivity contribution in [1.82, 2.24) is 9.88 Å². The van der Waals surface area contributed by atoms with Gasteiger partial charge in [-0.3, -0.25) is 4.79 Å². The Kier molecular flexibility index (Phi) is 4.63. The van der Waals surface area contributed by atoms with Crippen LogP contribution in [-0.4, -0.2) is 18.9 Å². The van der Waals surface area contributed by atoms with Crippen LogP contribution in [0.2, 0.25) is 0 Å².